The second kappa shape index (κ2) is 4.02. The number of halogens is 4. The number of hydrogen-bond donors (Lipinski definition) is 0. The van der Waals surface area contributed by atoms with Crippen LogP contribution in [-0.2, 0) is 0 Å². The molecular weight excluding hydrogens is 285 g/mol. The van der Waals surface area contributed by atoms with Crippen LogP contribution in [0.15, 0.2) is 6.07 Å². The van der Waals surface area contributed by atoms with Crippen LogP contribution in [-0.4, -0.2) is 0 Å². The van der Waals surface area contributed by atoms with E-state index in [0.29, 0.717) is 10.6 Å². The Labute approximate surface area is 101 Å². The first-order valence-corrected chi connectivity index (χ1v) is 6.13. The molecule has 1 aliphatic carbocycles. The summed E-state index contributed by atoms with van der Waals surface area (Å²) >= 11 is 9.32. The van der Waals surface area contributed by atoms with Crippen molar-refractivity contribution in [1.29, 1.82) is 0 Å². The van der Waals surface area contributed by atoms with Crippen LogP contribution in [0.3, 0.4) is 0 Å². The van der Waals surface area contributed by atoms with Gasteiger partial charge in [0.1, 0.15) is 0 Å². The Bertz CT molecular complexity index is 406. The number of benzene rings is 1. The van der Waals surface area contributed by atoms with Gasteiger partial charge in [-0.3, -0.25) is 0 Å². The second-order valence-electron chi connectivity index (χ2n) is 3.93. The minimum atomic E-state index is -0.864. The highest BCUT2D eigenvalue weighted by Crippen LogP contribution is 2.46. The van der Waals surface area contributed by atoms with E-state index in [1.807, 2.05) is 6.92 Å². The molecule has 2 rings (SSSR count). The number of hydrogen-bond acceptors (Lipinski definition) is 0. The maximum Gasteiger partial charge on any atom is 0.163 e. The molecule has 0 saturated heterocycles. The number of alkyl halides is 1. The predicted molar refractivity (Wildman–Crippen MR) is 60.7 cm³/mol. The molecule has 4 heteroatoms. The molecule has 82 valence electrons. The van der Waals surface area contributed by atoms with Crippen LogP contribution in [0.5, 0.6) is 0 Å². The Balaban J connectivity index is 2.71. The summed E-state index contributed by atoms with van der Waals surface area (Å²) in [5, 5.41) is 0.334. The molecule has 15 heavy (non-hydrogen) atoms. The van der Waals surface area contributed by atoms with E-state index >= 15 is 0 Å². The Morgan fingerprint density at radius 2 is 2.00 bits per heavy atom. The van der Waals surface area contributed by atoms with Gasteiger partial charge in [0.05, 0.1) is 0 Å². The monoisotopic (exact) mass is 294 g/mol. The quantitative estimate of drug-likeness (QED) is 0.469. The lowest BCUT2D eigenvalue weighted by atomic mass is 9.83. The van der Waals surface area contributed by atoms with Gasteiger partial charge >= 0.3 is 0 Å². The lowest BCUT2D eigenvalue weighted by Crippen LogP contribution is -2.13. The summed E-state index contributed by atoms with van der Waals surface area (Å²) in [6.45, 7) is 1.99. The van der Waals surface area contributed by atoms with Gasteiger partial charge < -0.3 is 0 Å². The maximum absolute atomic E-state index is 13.6. The smallest absolute Gasteiger partial charge is 0.163 e. The van der Waals surface area contributed by atoms with E-state index < -0.39 is 11.6 Å². The molecule has 0 amide bonds. The van der Waals surface area contributed by atoms with Crippen LogP contribution in [0.25, 0.3) is 0 Å². The zero-order valence-corrected chi connectivity index (χ0v) is 10.5. The fraction of sp³-hybridized carbons (Fsp3) is 0.455. The normalized spacial score (nSPS) is 25.1. The van der Waals surface area contributed by atoms with Crippen LogP contribution < -0.4 is 0 Å². The Kier molecular flexibility index (Phi) is 3.04. The Morgan fingerprint density at radius 3 is 2.67 bits per heavy atom. The van der Waals surface area contributed by atoms with E-state index in [1.165, 1.54) is 0 Å². The highest BCUT2D eigenvalue weighted by molar-refractivity contribution is 9.09. The molecule has 0 saturated carbocycles. The van der Waals surface area contributed by atoms with E-state index in [1.54, 1.807) is 0 Å². The maximum atomic E-state index is 13.6. The molecule has 0 radical (unpaired) electrons. The van der Waals surface area contributed by atoms with Crippen LogP contribution in [0.4, 0.5) is 8.78 Å². The standard InChI is InChI=1S/C11H10BrClF2/c1-5-2-3-6(12)10-9(5)7(13)4-8(14)11(10)15/h4-6H,2-3H2,1H3. The molecule has 0 bridgehead atoms. The molecule has 0 fully saturated rings. The lowest BCUT2D eigenvalue weighted by molar-refractivity contribution is 0.477. The van der Waals surface area contributed by atoms with Crippen LogP contribution in [0.2, 0.25) is 5.02 Å². The topological polar surface area (TPSA) is 0 Å². The van der Waals surface area contributed by atoms with Gasteiger partial charge in [-0.1, -0.05) is 34.5 Å². The molecule has 1 aromatic carbocycles. The van der Waals surface area contributed by atoms with Gasteiger partial charge in [-0.15, -0.1) is 0 Å². The zero-order chi connectivity index (χ0) is 11.2. The summed E-state index contributed by atoms with van der Waals surface area (Å²) in [5.74, 6) is -1.43. The lowest BCUT2D eigenvalue weighted by Gasteiger charge is -2.27. The van der Waals surface area contributed by atoms with Crippen molar-refractivity contribution in [2.75, 3.05) is 0 Å². The van der Waals surface area contributed by atoms with Crippen LogP contribution in [0, 0.1) is 11.6 Å². The van der Waals surface area contributed by atoms with Gasteiger partial charge in [0.2, 0.25) is 0 Å². The molecule has 1 aliphatic rings. The first-order valence-electron chi connectivity index (χ1n) is 4.83. The van der Waals surface area contributed by atoms with E-state index in [9.17, 15) is 8.78 Å². The van der Waals surface area contributed by atoms with Gasteiger partial charge in [0, 0.05) is 15.4 Å². The minimum absolute atomic E-state index is 0.128. The molecule has 0 aliphatic heterocycles. The van der Waals surface area contributed by atoms with Crippen molar-refractivity contribution in [2.45, 2.75) is 30.5 Å². The number of fused-ring (bicyclic) bond motifs is 1. The Hall–Kier alpha value is -0.150. The predicted octanol–water partition coefficient (Wildman–Crippen LogP) is 4.95. The van der Waals surface area contributed by atoms with Gasteiger partial charge in [-0.2, -0.15) is 0 Å². The number of rotatable bonds is 0. The summed E-state index contributed by atoms with van der Waals surface area (Å²) in [6, 6.07) is 1.07. The first-order chi connectivity index (χ1) is 7.02. The van der Waals surface area contributed by atoms with Crippen molar-refractivity contribution in [3.05, 3.63) is 33.9 Å². The molecule has 0 spiro atoms. The van der Waals surface area contributed by atoms with Crippen molar-refractivity contribution >= 4 is 27.5 Å². The third-order valence-corrected chi connectivity index (χ3v) is 4.13. The summed E-state index contributed by atoms with van der Waals surface area (Å²) in [6.07, 6.45) is 1.75. The highest BCUT2D eigenvalue weighted by Gasteiger charge is 2.30. The molecule has 0 nitrogen and oxygen atoms in total. The Morgan fingerprint density at radius 1 is 1.33 bits per heavy atom. The second-order valence-corrected chi connectivity index (χ2v) is 5.44. The molecular formula is C11H10BrClF2. The van der Waals surface area contributed by atoms with E-state index in [-0.39, 0.29) is 10.7 Å². The van der Waals surface area contributed by atoms with Crippen molar-refractivity contribution in [3.8, 4) is 0 Å². The average molecular weight is 296 g/mol. The van der Waals surface area contributed by atoms with E-state index in [2.05, 4.69) is 15.9 Å². The van der Waals surface area contributed by atoms with Crippen molar-refractivity contribution in [3.63, 3.8) is 0 Å². The van der Waals surface area contributed by atoms with E-state index in [4.69, 9.17) is 11.6 Å². The summed E-state index contributed by atoms with van der Waals surface area (Å²) in [4.78, 5) is -0.128. The molecule has 0 aromatic heterocycles. The van der Waals surface area contributed by atoms with Gasteiger partial charge in [0.25, 0.3) is 0 Å². The third-order valence-electron chi connectivity index (χ3n) is 2.91. The summed E-state index contributed by atoms with van der Waals surface area (Å²) in [5.41, 5.74) is 1.16. The molecule has 1 aromatic rings. The van der Waals surface area contributed by atoms with Crippen LogP contribution >= 0.6 is 27.5 Å². The fourth-order valence-corrected chi connectivity index (χ4v) is 3.22. The third kappa shape index (κ3) is 1.80. The molecule has 2 atom stereocenters. The van der Waals surface area contributed by atoms with Crippen LogP contribution in [0.1, 0.15) is 41.6 Å². The minimum Gasteiger partial charge on any atom is -0.204 e. The molecule has 0 N–H and O–H groups in total. The van der Waals surface area contributed by atoms with Gasteiger partial charge in [0.15, 0.2) is 11.6 Å². The zero-order valence-electron chi connectivity index (χ0n) is 8.16. The van der Waals surface area contributed by atoms with Crippen molar-refractivity contribution in [2.24, 2.45) is 0 Å². The molecule has 0 heterocycles. The summed E-state index contributed by atoms with van der Waals surface area (Å²) < 4.78 is 26.8. The van der Waals surface area contributed by atoms with Gasteiger partial charge in [-0.05, 0) is 30.4 Å². The highest BCUT2D eigenvalue weighted by atomic mass is 79.9. The van der Waals surface area contributed by atoms with Crippen molar-refractivity contribution in [1.82, 2.24) is 0 Å². The fourth-order valence-electron chi connectivity index (χ4n) is 2.12. The van der Waals surface area contributed by atoms with Gasteiger partial charge in [-0.25, -0.2) is 8.78 Å². The van der Waals surface area contributed by atoms with Crippen molar-refractivity contribution < 1.29 is 8.78 Å². The SMILES string of the molecule is CC1CCC(Br)c2c(F)c(F)cc(Cl)c21. The first kappa shape index (κ1) is 11.3. The summed E-state index contributed by atoms with van der Waals surface area (Å²) in [7, 11) is 0. The average Bonchev–Trinajstić information content (AvgIpc) is 2.18. The molecule has 2 unspecified atom stereocenters. The van der Waals surface area contributed by atoms with E-state index in [0.717, 1.165) is 24.5 Å². The largest absolute Gasteiger partial charge is 0.204 e.